The number of fused-ring (bicyclic) bond motifs is 1. The molecule has 110 valence electrons. The monoisotopic (exact) mass is 306 g/mol. The SMILES string of the molecule is Cc1ccc2c(NS(=O)(=O)c3c(C)n[nH]c3C)n[nH]c2n1. The Kier molecular flexibility index (Phi) is 2.94. The Bertz CT molecular complexity index is 905. The average Bonchev–Trinajstić information content (AvgIpc) is 2.93. The van der Waals surface area contributed by atoms with E-state index in [1.165, 1.54) is 0 Å². The standard InChI is InChI=1S/C12H14N6O2S/c1-6-4-5-9-11(13-6)16-17-12(9)18-21(19,20)10-7(2)14-15-8(10)3/h4-5H,1-3H3,(H,14,15)(H2,13,16,17,18). The van der Waals surface area contributed by atoms with E-state index in [2.05, 4.69) is 30.1 Å². The lowest BCUT2D eigenvalue weighted by molar-refractivity contribution is 0.600. The van der Waals surface area contributed by atoms with Gasteiger partial charge in [0.1, 0.15) is 4.90 Å². The van der Waals surface area contributed by atoms with Crippen LogP contribution >= 0.6 is 0 Å². The average molecular weight is 306 g/mol. The molecule has 0 amide bonds. The van der Waals surface area contributed by atoms with Crippen LogP contribution in [0.3, 0.4) is 0 Å². The van der Waals surface area contributed by atoms with Crippen LogP contribution in [0.25, 0.3) is 11.0 Å². The van der Waals surface area contributed by atoms with Crippen molar-refractivity contribution < 1.29 is 8.42 Å². The Hall–Kier alpha value is -2.42. The number of hydrogen-bond acceptors (Lipinski definition) is 5. The summed E-state index contributed by atoms with van der Waals surface area (Å²) in [6.07, 6.45) is 0. The minimum absolute atomic E-state index is 0.138. The molecule has 0 bridgehead atoms. The largest absolute Gasteiger partial charge is 0.281 e. The molecule has 0 saturated carbocycles. The molecule has 0 aromatic carbocycles. The first-order valence-corrected chi connectivity index (χ1v) is 7.73. The van der Waals surface area contributed by atoms with E-state index in [1.807, 2.05) is 6.92 Å². The third kappa shape index (κ3) is 2.25. The maximum atomic E-state index is 12.5. The summed E-state index contributed by atoms with van der Waals surface area (Å²) in [5.74, 6) is 0.220. The van der Waals surface area contributed by atoms with E-state index >= 15 is 0 Å². The summed E-state index contributed by atoms with van der Waals surface area (Å²) in [5, 5.41) is 13.9. The minimum atomic E-state index is -3.76. The van der Waals surface area contributed by atoms with Gasteiger partial charge in [-0.2, -0.15) is 10.2 Å². The third-order valence-corrected chi connectivity index (χ3v) is 4.72. The summed E-state index contributed by atoms with van der Waals surface area (Å²) >= 11 is 0. The van der Waals surface area contributed by atoms with Crippen molar-refractivity contribution in [1.82, 2.24) is 25.4 Å². The Morgan fingerprint density at radius 1 is 1.10 bits per heavy atom. The molecule has 3 aromatic heterocycles. The van der Waals surface area contributed by atoms with Gasteiger partial charge >= 0.3 is 0 Å². The molecule has 0 saturated heterocycles. The summed E-state index contributed by atoms with van der Waals surface area (Å²) in [5.41, 5.74) is 2.25. The number of anilines is 1. The van der Waals surface area contributed by atoms with Gasteiger partial charge in [0.25, 0.3) is 10.0 Å². The maximum Gasteiger partial charge on any atom is 0.266 e. The van der Waals surface area contributed by atoms with Gasteiger partial charge in [-0.1, -0.05) is 0 Å². The number of aromatic amines is 2. The van der Waals surface area contributed by atoms with Gasteiger partial charge in [-0.05, 0) is 32.9 Å². The van der Waals surface area contributed by atoms with Gasteiger partial charge in [-0.3, -0.25) is 14.9 Å². The smallest absolute Gasteiger partial charge is 0.266 e. The molecule has 0 spiro atoms. The van der Waals surface area contributed by atoms with Crippen LogP contribution in [0, 0.1) is 20.8 Å². The molecule has 9 heteroatoms. The Morgan fingerprint density at radius 3 is 2.52 bits per heavy atom. The Balaban J connectivity index is 2.06. The zero-order valence-electron chi connectivity index (χ0n) is 11.7. The van der Waals surface area contributed by atoms with E-state index < -0.39 is 10.0 Å². The van der Waals surface area contributed by atoms with E-state index in [0.717, 1.165) is 5.69 Å². The lowest BCUT2D eigenvalue weighted by Gasteiger charge is -2.05. The van der Waals surface area contributed by atoms with Crippen LogP contribution < -0.4 is 4.72 Å². The quantitative estimate of drug-likeness (QED) is 0.676. The lowest BCUT2D eigenvalue weighted by atomic mass is 10.3. The topological polar surface area (TPSA) is 116 Å². The van der Waals surface area contributed by atoms with E-state index in [9.17, 15) is 8.42 Å². The zero-order chi connectivity index (χ0) is 15.2. The van der Waals surface area contributed by atoms with Crippen molar-refractivity contribution in [2.45, 2.75) is 25.7 Å². The van der Waals surface area contributed by atoms with Crippen LogP contribution in [-0.4, -0.2) is 33.8 Å². The molecule has 3 aromatic rings. The molecule has 0 aliphatic rings. The summed E-state index contributed by atoms with van der Waals surface area (Å²) < 4.78 is 27.4. The lowest BCUT2D eigenvalue weighted by Crippen LogP contribution is -2.15. The Morgan fingerprint density at radius 2 is 1.86 bits per heavy atom. The first-order valence-electron chi connectivity index (χ1n) is 6.24. The van der Waals surface area contributed by atoms with Crippen molar-refractivity contribution >= 4 is 26.9 Å². The van der Waals surface area contributed by atoms with E-state index in [4.69, 9.17) is 0 Å². The molecule has 0 aliphatic heterocycles. The Labute approximate surface area is 121 Å². The van der Waals surface area contributed by atoms with Crippen molar-refractivity contribution in [3.8, 4) is 0 Å². The van der Waals surface area contributed by atoms with E-state index in [1.54, 1.807) is 26.0 Å². The highest BCUT2D eigenvalue weighted by atomic mass is 32.2. The second-order valence-corrected chi connectivity index (χ2v) is 6.41. The molecular weight excluding hydrogens is 292 g/mol. The second-order valence-electron chi connectivity index (χ2n) is 4.79. The van der Waals surface area contributed by atoms with Gasteiger partial charge in [0.2, 0.25) is 0 Å². The number of H-pyrrole nitrogens is 2. The third-order valence-electron chi connectivity index (χ3n) is 3.12. The molecular formula is C12H14N6O2S. The van der Waals surface area contributed by atoms with Gasteiger partial charge in [0, 0.05) is 5.69 Å². The fraction of sp³-hybridized carbons (Fsp3) is 0.250. The molecule has 0 atom stereocenters. The number of pyridine rings is 1. The number of nitrogens with zero attached hydrogens (tertiary/aromatic N) is 3. The van der Waals surface area contributed by atoms with E-state index in [0.29, 0.717) is 22.4 Å². The summed E-state index contributed by atoms with van der Waals surface area (Å²) in [6, 6.07) is 3.57. The minimum Gasteiger partial charge on any atom is -0.281 e. The summed E-state index contributed by atoms with van der Waals surface area (Å²) in [7, 11) is -3.76. The van der Waals surface area contributed by atoms with Crippen molar-refractivity contribution in [3.05, 3.63) is 29.2 Å². The van der Waals surface area contributed by atoms with Crippen LogP contribution in [0.1, 0.15) is 17.1 Å². The van der Waals surface area contributed by atoms with Gasteiger partial charge in [0.15, 0.2) is 11.5 Å². The predicted octanol–water partition coefficient (Wildman–Crippen LogP) is 1.41. The molecule has 21 heavy (non-hydrogen) atoms. The first kappa shape index (κ1) is 13.6. The van der Waals surface area contributed by atoms with Crippen LogP contribution in [0.4, 0.5) is 5.82 Å². The van der Waals surface area contributed by atoms with Crippen LogP contribution in [0.5, 0.6) is 0 Å². The van der Waals surface area contributed by atoms with Crippen molar-refractivity contribution in [2.24, 2.45) is 0 Å². The molecule has 3 rings (SSSR count). The molecule has 3 heterocycles. The number of hydrogen-bond donors (Lipinski definition) is 3. The number of rotatable bonds is 3. The second kappa shape index (κ2) is 4.55. The van der Waals surface area contributed by atoms with Crippen LogP contribution in [-0.2, 0) is 10.0 Å². The van der Waals surface area contributed by atoms with Crippen molar-refractivity contribution in [2.75, 3.05) is 4.72 Å². The number of aromatic nitrogens is 5. The molecule has 0 unspecified atom stereocenters. The molecule has 0 fully saturated rings. The van der Waals surface area contributed by atoms with E-state index in [-0.39, 0.29) is 10.7 Å². The van der Waals surface area contributed by atoms with Crippen molar-refractivity contribution in [1.29, 1.82) is 0 Å². The van der Waals surface area contributed by atoms with Crippen LogP contribution in [0.15, 0.2) is 17.0 Å². The molecule has 8 nitrogen and oxygen atoms in total. The maximum absolute atomic E-state index is 12.5. The van der Waals surface area contributed by atoms with Gasteiger partial charge in [-0.15, -0.1) is 0 Å². The summed E-state index contributed by atoms with van der Waals surface area (Å²) in [6.45, 7) is 5.14. The highest BCUT2D eigenvalue weighted by molar-refractivity contribution is 7.92. The first-order chi connectivity index (χ1) is 9.88. The normalized spacial score (nSPS) is 12.0. The van der Waals surface area contributed by atoms with Crippen molar-refractivity contribution in [3.63, 3.8) is 0 Å². The van der Waals surface area contributed by atoms with Gasteiger partial charge in [-0.25, -0.2) is 13.4 Å². The number of aryl methyl sites for hydroxylation is 3. The number of sulfonamides is 1. The molecule has 0 radical (unpaired) electrons. The van der Waals surface area contributed by atoms with Crippen LogP contribution in [0.2, 0.25) is 0 Å². The molecule has 0 aliphatic carbocycles. The summed E-state index contributed by atoms with van der Waals surface area (Å²) in [4.78, 5) is 4.39. The number of nitrogens with one attached hydrogen (secondary N) is 3. The highest BCUT2D eigenvalue weighted by Crippen LogP contribution is 2.24. The fourth-order valence-corrected chi connectivity index (χ4v) is 3.59. The fourth-order valence-electron chi connectivity index (χ4n) is 2.19. The zero-order valence-corrected chi connectivity index (χ0v) is 12.5. The predicted molar refractivity (Wildman–Crippen MR) is 77.5 cm³/mol. The van der Waals surface area contributed by atoms with Gasteiger partial charge in [0.05, 0.1) is 16.8 Å². The highest BCUT2D eigenvalue weighted by Gasteiger charge is 2.24. The van der Waals surface area contributed by atoms with Gasteiger partial charge < -0.3 is 0 Å². The molecule has 3 N–H and O–H groups in total.